The molecular formula is C13H19NO2. The minimum atomic E-state index is 0.358. The first-order valence-electron chi connectivity index (χ1n) is 5.83. The smallest absolute Gasteiger partial charge is 0.164 e. The molecule has 1 aromatic rings. The SMILES string of the molecule is Cc1c(C(C)CN)ccc2c1OCCCO2. The van der Waals surface area contributed by atoms with Crippen LogP contribution in [0, 0.1) is 6.92 Å². The molecule has 1 unspecified atom stereocenters. The fraction of sp³-hybridized carbons (Fsp3) is 0.538. The molecule has 0 spiro atoms. The van der Waals surface area contributed by atoms with Crippen molar-refractivity contribution in [3.63, 3.8) is 0 Å². The van der Waals surface area contributed by atoms with Crippen LogP contribution in [0.1, 0.15) is 30.4 Å². The van der Waals surface area contributed by atoms with E-state index in [1.54, 1.807) is 0 Å². The van der Waals surface area contributed by atoms with Crippen molar-refractivity contribution < 1.29 is 9.47 Å². The average molecular weight is 221 g/mol. The van der Waals surface area contributed by atoms with E-state index < -0.39 is 0 Å². The lowest BCUT2D eigenvalue weighted by atomic mass is 9.95. The van der Waals surface area contributed by atoms with E-state index >= 15 is 0 Å². The van der Waals surface area contributed by atoms with Gasteiger partial charge in [0.25, 0.3) is 0 Å². The summed E-state index contributed by atoms with van der Waals surface area (Å²) in [4.78, 5) is 0. The zero-order valence-corrected chi connectivity index (χ0v) is 9.95. The van der Waals surface area contributed by atoms with Gasteiger partial charge in [0, 0.05) is 6.42 Å². The van der Waals surface area contributed by atoms with Crippen molar-refractivity contribution in [3.05, 3.63) is 23.3 Å². The third-order valence-corrected chi connectivity index (χ3v) is 3.09. The van der Waals surface area contributed by atoms with Gasteiger partial charge in [-0.1, -0.05) is 13.0 Å². The quantitative estimate of drug-likeness (QED) is 0.832. The number of nitrogens with two attached hydrogens (primary N) is 1. The van der Waals surface area contributed by atoms with Crippen LogP contribution >= 0.6 is 0 Å². The Morgan fingerprint density at radius 1 is 1.31 bits per heavy atom. The highest BCUT2D eigenvalue weighted by molar-refractivity contribution is 5.51. The normalized spacial score (nSPS) is 16.7. The Kier molecular flexibility index (Phi) is 3.34. The van der Waals surface area contributed by atoms with E-state index in [9.17, 15) is 0 Å². The Morgan fingerprint density at radius 3 is 2.81 bits per heavy atom. The first-order valence-corrected chi connectivity index (χ1v) is 5.83. The Labute approximate surface area is 96.5 Å². The van der Waals surface area contributed by atoms with Gasteiger partial charge in [-0.25, -0.2) is 0 Å². The van der Waals surface area contributed by atoms with Crippen LogP contribution in [-0.4, -0.2) is 19.8 Å². The summed E-state index contributed by atoms with van der Waals surface area (Å²) >= 11 is 0. The van der Waals surface area contributed by atoms with E-state index in [2.05, 4.69) is 19.9 Å². The third-order valence-electron chi connectivity index (χ3n) is 3.09. The van der Waals surface area contributed by atoms with Crippen LogP contribution in [0.2, 0.25) is 0 Å². The molecule has 0 bridgehead atoms. The second-order valence-corrected chi connectivity index (χ2v) is 4.29. The lowest BCUT2D eigenvalue weighted by Gasteiger charge is -2.17. The molecule has 3 nitrogen and oxygen atoms in total. The van der Waals surface area contributed by atoms with Crippen LogP contribution in [0.15, 0.2) is 12.1 Å². The van der Waals surface area contributed by atoms with Crippen molar-refractivity contribution >= 4 is 0 Å². The molecule has 1 atom stereocenters. The third kappa shape index (κ3) is 2.00. The highest BCUT2D eigenvalue weighted by atomic mass is 16.5. The summed E-state index contributed by atoms with van der Waals surface area (Å²) in [5, 5.41) is 0. The zero-order chi connectivity index (χ0) is 11.5. The minimum absolute atomic E-state index is 0.358. The van der Waals surface area contributed by atoms with Crippen molar-refractivity contribution in [3.8, 4) is 11.5 Å². The molecule has 0 radical (unpaired) electrons. The summed E-state index contributed by atoms with van der Waals surface area (Å²) < 4.78 is 11.4. The van der Waals surface area contributed by atoms with Crippen molar-refractivity contribution in [1.82, 2.24) is 0 Å². The van der Waals surface area contributed by atoms with Gasteiger partial charge in [-0.2, -0.15) is 0 Å². The molecule has 0 aliphatic carbocycles. The maximum absolute atomic E-state index is 5.75. The number of hydrogen-bond donors (Lipinski definition) is 1. The Morgan fingerprint density at radius 2 is 2.06 bits per heavy atom. The molecule has 3 heteroatoms. The molecule has 1 aliphatic rings. The molecule has 16 heavy (non-hydrogen) atoms. The monoisotopic (exact) mass is 221 g/mol. The number of benzene rings is 1. The number of ether oxygens (including phenoxy) is 2. The standard InChI is InChI=1S/C13H19NO2/c1-9(8-14)11-4-5-12-13(10(11)2)16-7-3-6-15-12/h4-5,9H,3,6-8,14H2,1-2H3. The summed E-state index contributed by atoms with van der Waals surface area (Å²) in [7, 11) is 0. The Hall–Kier alpha value is -1.22. The number of rotatable bonds is 2. The molecule has 88 valence electrons. The van der Waals surface area contributed by atoms with Gasteiger partial charge in [-0.05, 0) is 36.6 Å². The van der Waals surface area contributed by atoms with Gasteiger partial charge in [-0.3, -0.25) is 0 Å². The number of fused-ring (bicyclic) bond motifs is 1. The molecule has 0 saturated carbocycles. The molecule has 1 heterocycles. The van der Waals surface area contributed by atoms with Crippen LogP contribution in [0.3, 0.4) is 0 Å². The van der Waals surface area contributed by atoms with Gasteiger partial charge in [0.15, 0.2) is 11.5 Å². The lowest BCUT2D eigenvalue weighted by Crippen LogP contribution is -2.11. The maximum Gasteiger partial charge on any atom is 0.164 e. The highest BCUT2D eigenvalue weighted by Gasteiger charge is 2.17. The average Bonchev–Trinajstić information content (AvgIpc) is 2.54. The van der Waals surface area contributed by atoms with Crippen LogP contribution in [0.5, 0.6) is 11.5 Å². The van der Waals surface area contributed by atoms with E-state index in [0.29, 0.717) is 12.5 Å². The van der Waals surface area contributed by atoms with E-state index in [0.717, 1.165) is 36.7 Å². The van der Waals surface area contributed by atoms with Gasteiger partial charge < -0.3 is 15.2 Å². The highest BCUT2D eigenvalue weighted by Crippen LogP contribution is 2.37. The van der Waals surface area contributed by atoms with Crippen LogP contribution < -0.4 is 15.2 Å². The zero-order valence-electron chi connectivity index (χ0n) is 9.95. The van der Waals surface area contributed by atoms with E-state index in [4.69, 9.17) is 15.2 Å². The van der Waals surface area contributed by atoms with Gasteiger partial charge in [0.2, 0.25) is 0 Å². The summed E-state index contributed by atoms with van der Waals surface area (Å²) in [6.07, 6.45) is 0.940. The van der Waals surface area contributed by atoms with Crippen molar-refractivity contribution in [2.75, 3.05) is 19.8 Å². The molecule has 0 saturated heterocycles. The van der Waals surface area contributed by atoms with Crippen LogP contribution in [-0.2, 0) is 0 Å². The molecule has 0 amide bonds. The molecule has 0 aromatic heterocycles. The Bertz CT molecular complexity index is 376. The second kappa shape index (κ2) is 4.74. The summed E-state index contributed by atoms with van der Waals surface area (Å²) in [6.45, 7) is 6.33. The van der Waals surface area contributed by atoms with Crippen molar-refractivity contribution in [1.29, 1.82) is 0 Å². The largest absolute Gasteiger partial charge is 0.490 e. The van der Waals surface area contributed by atoms with Gasteiger partial charge in [0.1, 0.15) is 0 Å². The van der Waals surface area contributed by atoms with Gasteiger partial charge in [0.05, 0.1) is 13.2 Å². The fourth-order valence-electron chi connectivity index (χ4n) is 2.05. The van der Waals surface area contributed by atoms with Crippen molar-refractivity contribution in [2.24, 2.45) is 5.73 Å². The van der Waals surface area contributed by atoms with E-state index in [1.807, 2.05) is 6.07 Å². The predicted octanol–water partition coefficient (Wildman–Crippen LogP) is 2.22. The molecule has 1 aliphatic heterocycles. The van der Waals surface area contributed by atoms with Gasteiger partial charge >= 0.3 is 0 Å². The minimum Gasteiger partial charge on any atom is -0.490 e. The molecule has 1 aromatic carbocycles. The van der Waals surface area contributed by atoms with E-state index in [-0.39, 0.29) is 0 Å². The molecule has 2 N–H and O–H groups in total. The second-order valence-electron chi connectivity index (χ2n) is 4.29. The molecule has 2 rings (SSSR count). The van der Waals surface area contributed by atoms with Crippen LogP contribution in [0.25, 0.3) is 0 Å². The first kappa shape index (κ1) is 11.3. The first-order chi connectivity index (χ1) is 7.74. The molecule has 0 fully saturated rings. The topological polar surface area (TPSA) is 44.5 Å². The van der Waals surface area contributed by atoms with Crippen molar-refractivity contribution in [2.45, 2.75) is 26.2 Å². The molecular weight excluding hydrogens is 202 g/mol. The van der Waals surface area contributed by atoms with E-state index in [1.165, 1.54) is 5.56 Å². The number of hydrogen-bond acceptors (Lipinski definition) is 3. The summed E-state index contributed by atoms with van der Waals surface area (Å²) in [5.74, 6) is 2.12. The predicted molar refractivity (Wildman–Crippen MR) is 64.3 cm³/mol. The summed E-state index contributed by atoms with van der Waals surface area (Å²) in [5.41, 5.74) is 8.13. The maximum atomic E-state index is 5.75. The van der Waals surface area contributed by atoms with Crippen LogP contribution in [0.4, 0.5) is 0 Å². The Balaban J connectivity index is 2.41. The lowest BCUT2D eigenvalue weighted by molar-refractivity contribution is 0.296. The summed E-state index contributed by atoms with van der Waals surface area (Å²) in [6, 6.07) is 4.09. The fourth-order valence-corrected chi connectivity index (χ4v) is 2.05. The van der Waals surface area contributed by atoms with Gasteiger partial charge in [-0.15, -0.1) is 0 Å².